The second-order valence-corrected chi connectivity index (χ2v) is 5.85. The Bertz CT molecular complexity index is 398. The van der Waals surface area contributed by atoms with Gasteiger partial charge in [-0.15, -0.1) is 0 Å². The predicted octanol–water partition coefficient (Wildman–Crippen LogP) is 3.17. The van der Waals surface area contributed by atoms with Gasteiger partial charge in [-0.1, -0.05) is 32.0 Å². The zero-order valence-electron chi connectivity index (χ0n) is 11.2. The monoisotopic (exact) mass is 233 g/mol. The molecule has 0 unspecified atom stereocenters. The molecule has 1 aromatic rings. The fourth-order valence-electron chi connectivity index (χ4n) is 2.90. The van der Waals surface area contributed by atoms with Crippen LogP contribution in [0.1, 0.15) is 39.2 Å². The molecule has 2 nitrogen and oxygen atoms in total. The van der Waals surface area contributed by atoms with Crippen molar-refractivity contribution in [1.29, 1.82) is 0 Å². The molecular weight excluding hydrogens is 210 g/mol. The summed E-state index contributed by atoms with van der Waals surface area (Å²) in [5.41, 5.74) is 7.48. The van der Waals surface area contributed by atoms with Crippen LogP contribution in [0, 0.1) is 11.3 Å². The molecule has 0 radical (unpaired) electrons. The lowest BCUT2D eigenvalue weighted by Crippen LogP contribution is -2.08. The van der Waals surface area contributed by atoms with Crippen LogP contribution < -0.4 is 10.5 Å². The molecule has 1 aliphatic carbocycles. The quantitative estimate of drug-likeness (QED) is 0.867. The van der Waals surface area contributed by atoms with Crippen molar-refractivity contribution in [2.45, 2.75) is 39.7 Å². The summed E-state index contributed by atoms with van der Waals surface area (Å²) in [7, 11) is 0. The minimum absolute atomic E-state index is 0.217. The molecule has 17 heavy (non-hydrogen) atoms. The van der Waals surface area contributed by atoms with Crippen LogP contribution >= 0.6 is 0 Å². The molecule has 2 heteroatoms. The largest absolute Gasteiger partial charge is 0.491 e. The van der Waals surface area contributed by atoms with Crippen molar-refractivity contribution >= 4 is 0 Å². The number of nitrogens with two attached hydrogens (primary N) is 1. The summed E-state index contributed by atoms with van der Waals surface area (Å²) in [5.74, 6) is 2.15. The molecule has 0 spiro atoms. The van der Waals surface area contributed by atoms with E-state index in [-0.39, 0.29) is 6.10 Å². The summed E-state index contributed by atoms with van der Waals surface area (Å²) in [6.45, 7) is 9.47. The van der Waals surface area contributed by atoms with E-state index in [0.29, 0.717) is 17.3 Å². The molecule has 94 valence electrons. The minimum atomic E-state index is 0.217. The van der Waals surface area contributed by atoms with Gasteiger partial charge in [-0.2, -0.15) is 0 Å². The SMILES string of the molecule is CC(C)Oc1ccccc1[C@H]1[C@H](CN)C1(C)C. The zero-order chi connectivity index (χ0) is 12.6. The highest BCUT2D eigenvalue weighted by atomic mass is 16.5. The summed E-state index contributed by atoms with van der Waals surface area (Å²) in [6.07, 6.45) is 0.217. The van der Waals surface area contributed by atoms with Gasteiger partial charge in [0.05, 0.1) is 6.10 Å². The van der Waals surface area contributed by atoms with E-state index < -0.39 is 0 Å². The first-order chi connectivity index (χ1) is 7.98. The number of hydrogen-bond acceptors (Lipinski definition) is 2. The normalized spacial score (nSPS) is 26.0. The standard InChI is InChI=1S/C15H23NO/c1-10(2)17-13-8-6-5-7-11(13)14-12(9-16)15(14,3)4/h5-8,10,12,14H,9,16H2,1-4H3/t12-,14-/m0/s1. The van der Waals surface area contributed by atoms with Crippen LogP contribution in [0.15, 0.2) is 24.3 Å². The van der Waals surface area contributed by atoms with Crippen molar-refractivity contribution < 1.29 is 4.74 Å². The van der Waals surface area contributed by atoms with Crippen molar-refractivity contribution in [2.24, 2.45) is 17.1 Å². The van der Waals surface area contributed by atoms with E-state index in [4.69, 9.17) is 10.5 Å². The van der Waals surface area contributed by atoms with Crippen LogP contribution in [0.2, 0.25) is 0 Å². The first kappa shape index (κ1) is 12.4. The number of para-hydroxylation sites is 1. The van der Waals surface area contributed by atoms with Crippen LogP contribution in [0.4, 0.5) is 0 Å². The molecule has 0 bridgehead atoms. The van der Waals surface area contributed by atoms with Crippen LogP contribution in [0.3, 0.4) is 0 Å². The van der Waals surface area contributed by atoms with Gasteiger partial charge in [-0.25, -0.2) is 0 Å². The lowest BCUT2D eigenvalue weighted by Gasteiger charge is -2.15. The maximum absolute atomic E-state index is 5.89. The molecule has 0 saturated heterocycles. The fourth-order valence-corrected chi connectivity index (χ4v) is 2.90. The number of hydrogen-bond donors (Lipinski definition) is 1. The van der Waals surface area contributed by atoms with Gasteiger partial charge in [-0.05, 0) is 49.3 Å². The van der Waals surface area contributed by atoms with Gasteiger partial charge >= 0.3 is 0 Å². The summed E-state index contributed by atoms with van der Waals surface area (Å²) >= 11 is 0. The Kier molecular flexibility index (Phi) is 3.17. The van der Waals surface area contributed by atoms with Crippen molar-refractivity contribution in [1.82, 2.24) is 0 Å². The van der Waals surface area contributed by atoms with E-state index in [1.165, 1.54) is 5.56 Å². The molecule has 0 aromatic heterocycles. The molecular formula is C15H23NO. The fraction of sp³-hybridized carbons (Fsp3) is 0.600. The van der Waals surface area contributed by atoms with E-state index in [0.717, 1.165) is 12.3 Å². The lowest BCUT2D eigenvalue weighted by atomic mass is 10.0. The maximum Gasteiger partial charge on any atom is 0.123 e. The molecule has 2 N–H and O–H groups in total. The molecule has 2 rings (SSSR count). The maximum atomic E-state index is 5.89. The Balaban J connectivity index is 2.28. The second-order valence-electron chi connectivity index (χ2n) is 5.85. The molecule has 0 heterocycles. The number of rotatable bonds is 4. The molecule has 2 atom stereocenters. The van der Waals surface area contributed by atoms with E-state index >= 15 is 0 Å². The zero-order valence-corrected chi connectivity index (χ0v) is 11.2. The van der Waals surface area contributed by atoms with Crippen molar-refractivity contribution in [2.75, 3.05) is 6.54 Å². The lowest BCUT2D eigenvalue weighted by molar-refractivity contribution is 0.239. The highest BCUT2D eigenvalue weighted by Gasteiger charge is 2.58. The number of benzene rings is 1. The summed E-state index contributed by atoms with van der Waals surface area (Å²) < 4.78 is 5.89. The molecule has 1 aliphatic rings. The summed E-state index contributed by atoms with van der Waals surface area (Å²) in [5, 5.41) is 0. The van der Waals surface area contributed by atoms with Crippen molar-refractivity contribution in [3.05, 3.63) is 29.8 Å². The molecule has 1 aromatic carbocycles. The van der Waals surface area contributed by atoms with Gasteiger partial charge in [0.15, 0.2) is 0 Å². The Morgan fingerprint density at radius 3 is 2.47 bits per heavy atom. The average molecular weight is 233 g/mol. The highest BCUT2D eigenvalue weighted by molar-refractivity contribution is 5.42. The molecule has 0 aliphatic heterocycles. The highest BCUT2D eigenvalue weighted by Crippen LogP contribution is 2.65. The van der Waals surface area contributed by atoms with Crippen molar-refractivity contribution in [3.8, 4) is 5.75 Å². The third-order valence-electron chi connectivity index (χ3n) is 3.92. The smallest absolute Gasteiger partial charge is 0.123 e. The summed E-state index contributed by atoms with van der Waals surface area (Å²) in [4.78, 5) is 0. The van der Waals surface area contributed by atoms with E-state index in [2.05, 4.69) is 45.9 Å². The summed E-state index contributed by atoms with van der Waals surface area (Å²) in [6, 6.07) is 8.37. The van der Waals surface area contributed by atoms with Crippen LogP contribution in [-0.4, -0.2) is 12.6 Å². The van der Waals surface area contributed by atoms with E-state index in [1.807, 2.05) is 6.07 Å². The molecule has 1 saturated carbocycles. The van der Waals surface area contributed by atoms with Crippen LogP contribution in [-0.2, 0) is 0 Å². The van der Waals surface area contributed by atoms with Gasteiger partial charge in [0, 0.05) is 0 Å². The van der Waals surface area contributed by atoms with E-state index in [9.17, 15) is 0 Å². The Labute approximate surface area is 104 Å². The third kappa shape index (κ3) is 2.19. The number of ether oxygens (including phenoxy) is 1. The predicted molar refractivity (Wildman–Crippen MR) is 71.3 cm³/mol. The molecule has 1 fully saturated rings. The Morgan fingerprint density at radius 1 is 1.29 bits per heavy atom. The van der Waals surface area contributed by atoms with Gasteiger partial charge < -0.3 is 10.5 Å². The minimum Gasteiger partial charge on any atom is -0.491 e. The van der Waals surface area contributed by atoms with Gasteiger partial charge in [0.1, 0.15) is 5.75 Å². The van der Waals surface area contributed by atoms with Gasteiger partial charge in [0.25, 0.3) is 0 Å². The van der Waals surface area contributed by atoms with Gasteiger partial charge in [0.2, 0.25) is 0 Å². The van der Waals surface area contributed by atoms with Gasteiger partial charge in [-0.3, -0.25) is 0 Å². The average Bonchev–Trinajstić information content (AvgIpc) is 2.80. The first-order valence-electron chi connectivity index (χ1n) is 6.44. The van der Waals surface area contributed by atoms with Crippen LogP contribution in [0.5, 0.6) is 5.75 Å². The van der Waals surface area contributed by atoms with Crippen LogP contribution in [0.25, 0.3) is 0 Å². The topological polar surface area (TPSA) is 35.2 Å². The Hall–Kier alpha value is -1.02. The second kappa shape index (κ2) is 4.34. The third-order valence-corrected chi connectivity index (χ3v) is 3.92. The van der Waals surface area contributed by atoms with Crippen molar-refractivity contribution in [3.63, 3.8) is 0 Å². The Morgan fingerprint density at radius 2 is 1.94 bits per heavy atom. The first-order valence-corrected chi connectivity index (χ1v) is 6.44. The molecule has 0 amide bonds. The van der Waals surface area contributed by atoms with E-state index in [1.54, 1.807) is 0 Å².